The van der Waals surface area contributed by atoms with Crippen LogP contribution in [0.25, 0.3) is 0 Å². The van der Waals surface area contributed by atoms with Crippen molar-refractivity contribution in [2.24, 2.45) is 5.92 Å². The molecule has 0 aliphatic carbocycles. The average molecular weight is 360 g/mol. The fourth-order valence-electron chi connectivity index (χ4n) is 3.50. The number of hydrogen-bond acceptors (Lipinski definition) is 5. The first-order chi connectivity index (χ1) is 12.5. The smallest absolute Gasteiger partial charge is 0.247 e. The van der Waals surface area contributed by atoms with Gasteiger partial charge in [-0.05, 0) is 31.9 Å². The monoisotopic (exact) mass is 360 g/mol. The van der Waals surface area contributed by atoms with Crippen molar-refractivity contribution in [3.05, 3.63) is 17.8 Å². The van der Waals surface area contributed by atoms with E-state index in [0.717, 1.165) is 31.0 Å². The summed E-state index contributed by atoms with van der Waals surface area (Å²) >= 11 is 0. The molecule has 7 nitrogen and oxygen atoms in total. The molecule has 2 amide bonds. The van der Waals surface area contributed by atoms with E-state index in [-0.39, 0.29) is 23.8 Å². The number of nitrogens with one attached hydrogen (secondary N) is 1. The second-order valence-corrected chi connectivity index (χ2v) is 7.24. The number of pyridine rings is 1. The maximum absolute atomic E-state index is 12.7. The topological polar surface area (TPSA) is 74.8 Å². The lowest BCUT2D eigenvalue weighted by molar-refractivity contribution is -0.139. The zero-order valence-electron chi connectivity index (χ0n) is 15.8. The molecule has 2 saturated heterocycles. The van der Waals surface area contributed by atoms with Crippen molar-refractivity contribution >= 4 is 23.3 Å². The van der Waals surface area contributed by atoms with Gasteiger partial charge in [0.1, 0.15) is 11.9 Å². The SMILES string of the molecule is Cc1nc(N2CCOCC2)ccc1NC(=O)C1CCCN1C(=O)C(C)C. The molecule has 0 radical (unpaired) electrons. The van der Waals surface area contributed by atoms with Crippen molar-refractivity contribution < 1.29 is 14.3 Å². The van der Waals surface area contributed by atoms with Gasteiger partial charge in [0.15, 0.2) is 0 Å². The summed E-state index contributed by atoms with van der Waals surface area (Å²) in [6.45, 7) is 9.36. The van der Waals surface area contributed by atoms with E-state index in [1.165, 1.54) is 0 Å². The van der Waals surface area contributed by atoms with Crippen molar-refractivity contribution in [1.82, 2.24) is 9.88 Å². The van der Waals surface area contributed by atoms with Crippen molar-refractivity contribution in [1.29, 1.82) is 0 Å². The molecule has 1 unspecified atom stereocenters. The lowest BCUT2D eigenvalue weighted by Crippen LogP contribution is -2.44. The Morgan fingerprint density at radius 1 is 1.23 bits per heavy atom. The minimum atomic E-state index is -0.386. The summed E-state index contributed by atoms with van der Waals surface area (Å²) in [5, 5.41) is 2.97. The van der Waals surface area contributed by atoms with Crippen LogP contribution in [0, 0.1) is 12.8 Å². The van der Waals surface area contributed by atoms with E-state index >= 15 is 0 Å². The zero-order chi connectivity index (χ0) is 18.7. The van der Waals surface area contributed by atoms with E-state index in [0.29, 0.717) is 31.9 Å². The molecule has 7 heteroatoms. The Morgan fingerprint density at radius 2 is 1.96 bits per heavy atom. The molecule has 0 saturated carbocycles. The van der Waals surface area contributed by atoms with Crippen LogP contribution in [0.3, 0.4) is 0 Å². The Hall–Kier alpha value is -2.15. The summed E-state index contributed by atoms with van der Waals surface area (Å²) in [6.07, 6.45) is 1.58. The number of anilines is 2. The van der Waals surface area contributed by atoms with E-state index < -0.39 is 0 Å². The number of rotatable bonds is 4. The number of amides is 2. The lowest BCUT2D eigenvalue weighted by Gasteiger charge is -2.28. The number of likely N-dealkylation sites (tertiary alicyclic amines) is 1. The van der Waals surface area contributed by atoms with Gasteiger partial charge in [-0.25, -0.2) is 4.98 Å². The van der Waals surface area contributed by atoms with E-state index in [1.807, 2.05) is 32.9 Å². The molecular weight excluding hydrogens is 332 g/mol. The number of ether oxygens (including phenoxy) is 1. The largest absolute Gasteiger partial charge is 0.378 e. The second kappa shape index (κ2) is 8.03. The number of carbonyl (C=O) groups is 2. The number of carbonyl (C=O) groups excluding carboxylic acids is 2. The molecule has 2 aliphatic heterocycles. The van der Waals surface area contributed by atoms with Crippen LogP contribution in [0.2, 0.25) is 0 Å². The van der Waals surface area contributed by atoms with Crippen molar-refractivity contribution in [3.8, 4) is 0 Å². The highest BCUT2D eigenvalue weighted by Crippen LogP contribution is 2.24. The molecule has 0 aromatic carbocycles. The Balaban J connectivity index is 1.68. The lowest BCUT2D eigenvalue weighted by atomic mass is 10.1. The van der Waals surface area contributed by atoms with Gasteiger partial charge in [-0.3, -0.25) is 9.59 Å². The van der Waals surface area contributed by atoms with Gasteiger partial charge in [-0.1, -0.05) is 13.8 Å². The van der Waals surface area contributed by atoms with E-state index in [1.54, 1.807) is 4.90 Å². The summed E-state index contributed by atoms with van der Waals surface area (Å²) in [5.41, 5.74) is 1.48. The predicted molar refractivity (Wildman–Crippen MR) is 100 cm³/mol. The first-order valence-corrected chi connectivity index (χ1v) is 9.39. The third kappa shape index (κ3) is 3.98. The Morgan fingerprint density at radius 3 is 2.62 bits per heavy atom. The van der Waals surface area contributed by atoms with Gasteiger partial charge in [0, 0.05) is 25.6 Å². The number of nitrogens with zero attached hydrogens (tertiary/aromatic N) is 3. The standard InChI is InChI=1S/C19H28N4O3/c1-13(2)19(25)23-8-4-5-16(23)18(24)21-15-6-7-17(20-14(15)3)22-9-11-26-12-10-22/h6-7,13,16H,4-5,8-12H2,1-3H3,(H,21,24). The molecule has 1 N–H and O–H groups in total. The van der Waals surface area contributed by atoms with Gasteiger partial charge < -0.3 is 19.9 Å². The molecule has 2 aliphatic rings. The molecule has 0 bridgehead atoms. The third-order valence-electron chi connectivity index (χ3n) is 5.00. The number of morpholine rings is 1. The van der Waals surface area contributed by atoms with Crippen LogP contribution < -0.4 is 10.2 Å². The summed E-state index contributed by atoms with van der Waals surface area (Å²) in [5.74, 6) is 0.724. The minimum Gasteiger partial charge on any atom is -0.378 e. The van der Waals surface area contributed by atoms with Crippen LogP contribution in [-0.4, -0.2) is 60.6 Å². The Kier molecular flexibility index (Phi) is 5.76. The molecular formula is C19H28N4O3. The summed E-state index contributed by atoms with van der Waals surface area (Å²) in [6, 6.07) is 3.44. The predicted octanol–water partition coefficient (Wildman–Crippen LogP) is 1.81. The molecule has 2 fully saturated rings. The molecule has 0 spiro atoms. The highest BCUT2D eigenvalue weighted by atomic mass is 16.5. The Bertz CT molecular complexity index is 671. The van der Waals surface area contributed by atoms with E-state index in [2.05, 4.69) is 15.2 Å². The fraction of sp³-hybridized carbons (Fsp3) is 0.632. The van der Waals surface area contributed by atoms with Gasteiger partial charge in [0.25, 0.3) is 0 Å². The minimum absolute atomic E-state index is 0.0418. The molecule has 1 aromatic heterocycles. The van der Waals surface area contributed by atoms with Crippen molar-refractivity contribution in [3.63, 3.8) is 0 Å². The first-order valence-electron chi connectivity index (χ1n) is 9.39. The molecule has 3 heterocycles. The van der Waals surface area contributed by atoms with Crippen LogP contribution in [0.4, 0.5) is 11.5 Å². The van der Waals surface area contributed by atoms with E-state index in [9.17, 15) is 9.59 Å². The summed E-state index contributed by atoms with van der Waals surface area (Å²) < 4.78 is 5.37. The number of aromatic nitrogens is 1. The van der Waals surface area contributed by atoms with Crippen LogP contribution in [0.15, 0.2) is 12.1 Å². The van der Waals surface area contributed by atoms with Gasteiger partial charge in [0.2, 0.25) is 11.8 Å². The molecule has 3 rings (SSSR count). The third-order valence-corrected chi connectivity index (χ3v) is 5.00. The summed E-state index contributed by atoms with van der Waals surface area (Å²) in [7, 11) is 0. The second-order valence-electron chi connectivity index (χ2n) is 7.24. The quantitative estimate of drug-likeness (QED) is 0.886. The Labute approximate surface area is 154 Å². The zero-order valence-corrected chi connectivity index (χ0v) is 15.8. The maximum Gasteiger partial charge on any atom is 0.247 e. The number of hydrogen-bond donors (Lipinski definition) is 1. The first kappa shape index (κ1) is 18.6. The van der Waals surface area contributed by atoms with Gasteiger partial charge in [-0.2, -0.15) is 0 Å². The van der Waals surface area contributed by atoms with Crippen molar-refractivity contribution in [2.45, 2.75) is 39.7 Å². The van der Waals surface area contributed by atoms with Crippen LogP contribution in [-0.2, 0) is 14.3 Å². The molecule has 1 aromatic rings. The number of aryl methyl sites for hydroxylation is 1. The van der Waals surface area contributed by atoms with Crippen LogP contribution in [0.5, 0.6) is 0 Å². The fourth-order valence-corrected chi connectivity index (χ4v) is 3.50. The highest BCUT2D eigenvalue weighted by molar-refractivity contribution is 5.98. The maximum atomic E-state index is 12.7. The van der Waals surface area contributed by atoms with Gasteiger partial charge in [0.05, 0.1) is 24.6 Å². The van der Waals surface area contributed by atoms with Gasteiger partial charge >= 0.3 is 0 Å². The highest BCUT2D eigenvalue weighted by Gasteiger charge is 2.35. The molecule has 1 atom stereocenters. The summed E-state index contributed by atoms with van der Waals surface area (Å²) in [4.78, 5) is 33.6. The van der Waals surface area contributed by atoms with Gasteiger partial charge in [-0.15, -0.1) is 0 Å². The molecule has 142 valence electrons. The average Bonchev–Trinajstić information content (AvgIpc) is 3.13. The molecule has 26 heavy (non-hydrogen) atoms. The van der Waals surface area contributed by atoms with Crippen molar-refractivity contribution in [2.75, 3.05) is 43.1 Å². The van der Waals surface area contributed by atoms with E-state index in [4.69, 9.17) is 4.74 Å². The van der Waals surface area contributed by atoms with Crippen LogP contribution >= 0.6 is 0 Å². The van der Waals surface area contributed by atoms with Crippen LogP contribution in [0.1, 0.15) is 32.4 Å². The normalized spacial score (nSPS) is 20.5.